The molecule has 2 aromatic heterocycles. The van der Waals surface area contributed by atoms with Crippen molar-refractivity contribution in [1.29, 1.82) is 0 Å². The molecule has 3 rings (SSSR count). The molecule has 0 radical (unpaired) electrons. The van der Waals surface area contributed by atoms with Crippen LogP contribution in [0.15, 0.2) is 35.1 Å². The molecule has 1 N–H and O–H groups in total. The van der Waals surface area contributed by atoms with Crippen LogP contribution in [0.2, 0.25) is 25.7 Å². The fourth-order valence-electron chi connectivity index (χ4n) is 2.44. The van der Waals surface area contributed by atoms with Gasteiger partial charge in [-0.2, -0.15) is 0 Å². The van der Waals surface area contributed by atoms with Gasteiger partial charge < -0.3 is 9.72 Å². The van der Waals surface area contributed by atoms with E-state index in [0.29, 0.717) is 6.61 Å². The molecule has 22 heavy (non-hydrogen) atoms. The minimum atomic E-state index is -1.05. The molecule has 116 valence electrons. The maximum Gasteiger partial charge on any atom is 0.266 e. The monoisotopic (exact) mass is 331 g/mol. The van der Waals surface area contributed by atoms with E-state index in [4.69, 9.17) is 4.74 Å². The molecule has 0 bridgehead atoms. The molecular formula is C17H21NO2SSi. The zero-order chi connectivity index (χ0) is 15.7. The van der Waals surface area contributed by atoms with E-state index in [0.717, 1.165) is 32.5 Å². The van der Waals surface area contributed by atoms with E-state index >= 15 is 0 Å². The smallest absolute Gasteiger partial charge is 0.266 e. The molecule has 3 aromatic rings. The van der Waals surface area contributed by atoms with Crippen molar-refractivity contribution in [2.75, 3.05) is 6.61 Å². The van der Waals surface area contributed by atoms with E-state index < -0.39 is 8.07 Å². The average Bonchev–Trinajstić information content (AvgIpc) is 2.88. The second-order valence-electron chi connectivity index (χ2n) is 6.82. The third kappa shape index (κ3) is 3.32. The fraction of sp³-hybridized carbons (Fsp3) is 0.353. The van der Waals surface area contributed by atoms with Gasteiger partial charge in [-0.15, -0.1) is 11.3 Å². The predicted molar refractivity (Wildman–Crippen MR) is 97.8 cm³/mol. The SMILES string of the molecule is C[Si](C)(C)CCOCc1cc2c(s1)c(=O)[nH]c1ccccc12. The Hall–Kier alpha value is -1.43. The lowest BCUT2D eigenvalue weighted by molar-refractivity contribution is 0.135. The van der Waals surface area contributed by atoms with Gasteiger partial charge in [-0.05, 0) is 18.2 Å². The Morgan fingerprint density at radius 2 is 1.95 bits per heavy atom. The van der Waals surface area contributed by atoms with Gasteiger partial charge in [0.15, 0.2) is 0 Å². The number of hydrogen-bond acceptors (Lipinski definition) is 3. The number of hydrogen-bond donors (Lipinski definition) is 1. The van der Waals surface area contributed by atoms with Crippen molar-refractivity contribution in [3.8, 4) is 0 Å². The van der Waals surface area contributed by atoms with E-state index in [-0.39, 0.29) is 5.56 Å². The molecule has 0 spiro atoms. The summed E-state index contributed by atoms with van der Waals surface area (Å²) in [6.45, 7) is 8.45. The molecule has 0 saturated carbocycles. The highest BCUT2D eigenvalue weighted by molar-refractivity contribution is 7.19. The van der Waals surface area contributed by atoms with Crippen molar-refractivity contribution in [1.82, 2.24) is 4.98 Å². The number of rotatable bonds is 5. The Labute approximate surface area is 135 Å². The van der Waals surface area contributed by atoms with Crippen LogP contribution in [0.25, 0.3) is 21.0 Å². The van der Waals surface area contributed by atoms with Gasteiger partial charge in [-0.1, -0.05) is 37.8 Å². The Balaban J connectivity index is 1.85. The third-order valence-corrected chi connectivity index (χ3v) is 6.51. The fourth-order valence-corrected chi connectivity index (χ4v) is 4.20. The zero-order valence-corrected chi connectivity index (χ0v) is 15.0. The molecule has 1 aromatic carbocycles. The van der Waals surface area contributed by atoms with Gasteiger partial charge in [0.05, 0.1) is 6.61 Å². The molecule has 0 unspecified atom stereocenters. The Morgan fingerprint density at radius 1 is 1.18 bits per heavy atom. The molecule has 0 amide bonds. The summed E-state index contributed by atoms with van der Waals surface area (Å²) in [5.74, 6) is 0. The number of pyridine rings is 1. The van der Waals surface area contributed by atoms with Crippen LogP contribution in [0.3, 0.4) is 0 Å². The van der Waals surface area contributed by atoms with Crippen LogP contribution < -0.4 is 5.56 Å². The van der Waals surface area contributed by atoms with Crippen molar-refractivity contribution in [2.24, 2.45) is 0 Å². The number of para-hydroxylation sites is 1. The molecule has 0 aliphatic rings. The van der Waals surface area contributed by atoms with Gasteiger partial charge in [0.2, 0.25) is 0 Å². The molecular weight excluding hydrogens is 310 g/mol. The van der Waals surface area contributed by atoms with E-state index in [1.54, 1.807) is 0 Å². The molecule has 5 heteroatoms. The number of ether oxygens (including phenoxy) is 1. The number of fused-ring (bicyclic) bond motifs is 3. The van der Waals surface area contributed by atoms with Crippen LogP contribution in [0.4, 0.5) is 0 Å². The highest BCUT2D eigenvalue weighted by atomic mass is 32.1. The Bertz CT molecular complexity index is 860. The second-order valence-corrected chi connectivity index (χ2v) is 13.6. The van der Waals surface area contributed by atoms with Crippen LogP contribution in [-0.2, 0) is 11.3 Å². The number of aromatic amines is 1. The third-order valence-electron chi connectivity index (χ3n) is 3.70. The lowest BCUT2D eigenvalue weighted by Gasteiger charge is -2.14. The highest BCUT2D eigenvalue weighted by Gasteiger charge is 2.13. The summed E-state index contributed by atoms with van der Waals surface area (Å²) in [6, 6.07) is 11.2. The van der Waals surface area contributed by atoms with Crippen LogP contribution >= 0.6 is 11.3 Å². The topological polar surface area (TPSA) is 42.1 Å². The maximum absolute atomic E-state index is 12.2. The summed E-state index contributed by atoms with van der Waals surface area (Å²) < 4.78 is 6.60. The van der Waals surface area contributed by atoms with Crippen molar-refractivity contribution < 1.29 is 4.74 Å². The highest BCUT2D eigenvalue weighted by Crippen LogP contribution is 2.28. The quantitative estimate of drug-likeness (QED) is 0.548. The minimum absolute atomic E-state index is 0.00736. The van der Waals surface area contributed by atoms with Crippen molar-refractivity contribution >= 4 is 40.4 Å². The summed E-state index contributed by atoms with van der Waals surface area (Å²) in [4.78, 5) is 16.3. The van der Waals surface area contributed by atoms with Crippen molar-refractivity contribution in [3.05, 3.63) is 45.6 Å². The van der Waals surface area contributed by atoms with Crippen LogP contribution in [0, 0.1) is 0 Å². The summed E-state index contributed by atoms with van der Waals surface area (Å²) >= 11 is 1.54. The summed E-state index contributed by atoms with van der Waals surface area (Å²) in [6.07, 6.45) is 0. The standard InChI is InChI=1S/C17H21NO2SSi/c1-22(2,3)9-8-20-11-12-10-14-13-6-4-5-7-15(13)18-17(19)16(14)21-12/h4-7,10H,8-9,11H2,1-3H3,(H,18,19). The molecule has 0 atom stereocenters. The van der Waals surface area contributed by atoms with Gasteiger partial charge >= 0.3 is 0 Å². The largest absolute Gasteiger partial charge is 0.376 e. The summed E-state index contributed by atoms with van der Waals surface area (Å²) in [5, 5.41) is 2.13. The van der Waals surface area contributed by atoms with Crippen molar-refractivity contribution in [3.63, 3.8) is 0 Å². The van der Waals surface area contributed by atoms with E-state index in [9.17, 15) is 4.79 Å². The van der Waals surface area contributed by atoms with E-state index in [2.05, 4.69) is 36.8 Å². The first-order valence-electron chi connectivity index (χ1n) is 7.55. The minimum Gasteiger partial charge on any atom is -0.376 e. The van der Waals surface area contributed by atoms with Gasteiger partial charge in [0, 0.05) is 35.8 Å². The van der Waals surface area contributed by atoms with E-state index in [1.165, 1.54) is 17.4 Å². The predicted octanol–water partition coefficient (Wildman–Crippen LogP) is 4.60. The normalized spacial score (nSPS) is 12.3. The lowest BCUT2D eigenvalue weighted by atomic mass is 10.1. The van der Waals surface area contributed by atoms with Gasteiger partial charge in [-0.25, -0.2) is 0 Å². The van der Waals surface area contributed by atoms with Gasteiger partial charge in [0.25, 0.3) is 5.56 Å². The molecule has 2 heterocycles. The molecule has 0 fully saturated rings. The Kier molecular flexibility index (Phi) is 4.21. The van der Waals surface area contributed by atoms with Crippen molar-refractivity contribution in [2.45, 2.75) is 32.3 Å². The second kappa shape index (κ2) is 5.99. The van der Waals surface area contributed by atoms with Crippen LogP contribution in [0.5, 0.6) is 0 Å². The molecule has 0 aliphatic heterocycles. The summed E-state index contributed by atoms with van der Waals surface area (Å²) in [7, 11) is -1.05. The number of aromatic nitrogens is 1. The van der Waals surface area contributed by atoms with Gasteiger partial charge in [0.1, 0.15) is 4.70 Å². The molecule has 0 aliphatic carbocycles. The number of benzene rings is 1. The average molecular weight is 332 g/mol. The van der Waals surface area contributed by atoms with Gasteiger partial charge in [-0.3, -0.25) is 4.79 Å². The lowest BCUT2D eigenvalue weighted by Crippen LogP contribution is -2.21. The number of nitrogens with one attached hydrogen (secondary N) is 1. The van der Waals surface area contributed by atoms with E-state index in [1.807, 2.05) is 18.2 Å². The van der Waals surface area contributed by atoms with Crippen LogP contribution in [0.1, 0.15) is 4.88 Å². The number of thiophene rings is 1. The number of H-pyrrole nitrogens is 1. The Morgan fingerprint density at radius 3 is 2.73 bits per heavy atom. The zero-order valence-electron chi connectivity index (χ0n) is 13.2. The molecule has 0 saturated heterocycles. The first-order chi connectivity index (χ1) is 10.4. The summed E-state index contributed by atoms with van der Waals surface area (Å²) in [5.41, 5.74) is 0.885. The van der Waals surface area contributed by atoms with Crippen LogP contribution in [-0.4, -0.2) is 19.7 Å². The first kappa shape index (κ1) is 15.5. The molecule has 3 nitrogen and oxygen atoms in total. The first-order valence-corrected chi connectivity index (χ1v) is 12.1. The maximum atomic E-state index is 12.2.